The van der Waals surface area contributed by atoms with E-state index in [9.17, 15) is 12.8 Å². The number of benzene rings is 1. The van der Waals surface area contributed by atoms with Gasteiger partial charge in [0.2, 0.25) is 10.0 Å². The SMILES string of the molecule is Cc1cc(F)c(N)cc1S(=O)(=O)NC1(C)CC1. The third kappa shape index (κ3) is 2.42. The molecule has 0 atom stereocenters. The third-order valence-corrected chi connectivity index (χ3v) is 4.74. The van der Waals surface area contributed by atoms with Crippen molar-refractivity contribution in [3.05, 3.63) is 23.5 Å². The molecule has 6 heteroatoms. The Bertz CT molecular complexity index is 565. The van der Waals surface area contributed by atoms with Crippen molar-refractivity contribution < 1.29 is 12.8 Å². The minimum atomic E-state index is -3.62. The van der Waals surface area contributed by atoms with E-state index in [0.717, 1.165) is 18.9 Å². The lowest BCUT2D eigenvalue weighted by atomic mass is 10.2. The molecule has 1 aliphatic carbocycles. The topological polar surface area (TPSA) is 72.2 Å². The predicted octanol–water partition coefficient (Wildman–Crippen LogP) is 1.55. The van der Waals surface area contributed by atoms with E-state index in [-0.39, 0.29) is 16.1 Å². The Morgan fingerprint density at radius 3 is 2.53 bits per heavy atom. The second kappa shape index (κ2) is 3.68. The number of halogens is 1. The van der Waals surface area contributed by atoms with E-state index in [2.05, 4.69) is 4.72 Å². The van der Waals surface area contributed by atoms with Gasteiger partial charge in [0.15, 0.2) is 0 Å². The monoisotopic (exact) mass is 258 g/mol. The van der Waals surface area contributed by atoms with Gasteiger partial charge < -0.3 is 5.73 Å². The van der Waals surface area contributed by atoms with Gasteiger partial charge in [-0.25, -0.2) is 17.5 Å². The molecule has 4 nitrogen and oxygen atoms in total. The molecule has 0 heterocycles. The maximum absolute atomic E-state index is 13.2. The van der Waals surface area contributed by atoms with Crippen LogP contribution in [0.5, 0.6) is 0 Å². The van der Waals surface area contributed by atoms with Crippen LogP contribution in [0.3, 0.4) is 0 Å². The number of nitrogens with two attached hydrogens (primary N) is 1. The van der Waals surface area contributed by atoms with Crippen LogP contribution in [0.2, 0.25) is 0 Å². The van der Waals surface area contributed by atoms with Gasteiger partial charge in [-0.1, -0.05) is 0 Å². The summed E-state index contributed by atoms with van der Waals surface area (Å²) in [5, 5.41) is 0. The minimum Gasteiger partial charge on any atom is -0.396 e. The second-order valence-corrected chi connectivity index (χ2v) is 6.46. The molecule has 0 spiro atoms. The maximum Gasteiger partial charge on any atom is 0.241 e. The number of hydrogen-bond donors (Lipinski definition) is 2. The lowest BCUT2D eigenvalue weighted by Gasteiger charge is -2.14. The lowest BCUT2D eigenvalue weighted by molar-refractivity contribution is 0.557. The van der Waals surface area contributed by atoms with E-state index < -0.39 is 15.8 Å². The highest BCUT2D eigenvalue weighted by Crippen LogP contribution is 2.36. The number of nitrogens with one attached hydrogen (secondary N) is 1. The van der Waals surface area contributed by atoms with Crippen LogP contribution < -0.4 is 10.5 Å². The van der Waals surface area contributed by atoms with Gasteiger partial charge in [0.25, 0.3) is 0 Å². The Morgan fingerprint density at radius 2 is 2.00 bits per heavy atom. The molecule has 0 bridgehead atoms. The normalized spacial score (nSPS) is 18.1. The summed E-state index contributed by atoms with van der Waals surface area (Å²) in [6.07, 6.45) is 1.64. The van der Waals surface area contributed by atoms with Crippen LogP contribution >= 0.6 is 0 Å². The molecule has 2 rings (SSSR count). The van der Waals surface area contributed by atoms with Crippen LogP contribution in [0.1, 0.15) is 25.3 Å². The Balaban J connectivity index is 2.42. The molecule has 0 unspecified atom stereocenters. The lowest BCUT2D eigenvalue weighted by Crippen LogP contribution is -2.34. The van der Waals surface area contributed by atoms with E-state index in [1.165, 1.54) is 6.07 Å². The summed E-state index contributed by atoms with van der Waals surface area (Å²) in [6.45, 7) is 3.39. The fraction of sp³-hybridized carbons (Fsp3) is 0.455. The molecule has 0 radical (unpaired) electrons. The van der Waals surface area contributed by atoms with Crippen molar-refractivity contribution in [3.63, 3.8) is 0 Å². The van der Waals surface area contributed by atoms with E-state index in [1.807, 2.05) is 6.92 Å². The van der Waals surface area contributed by atoms with Gasteiger partial charge in [-0.3, -0.25) is 0 Å². The van der Waals surface area contributed by atoms with Gasteiger partial charge in [-0.2, -0.15) is 0 Å². The van der Waals surface area contributed by atoms with Gasteiger partial charge in [0, 0.05) is 5.54 Å². The molecule has 1 aromatic carbocycles. The van der Waals surface area contributed by atoms with Crippen LogP contribution in [0.15, 0.2) is 17.0 Å². The number of nitrogen functional groups attached to an aromatic ring is 1. The number of hydrogen-bond acceptors (Lipinski definition) is 3. The van der Waals surface area contributed by atoms with Crippen molar-refractivity contribution in [2.75, 3.05) is 5.73 Å². The Hall–Kier alpha value is -1.14. The first kappa shape index (κ1) is 12.3. The fourth-order valence-corrected chi connectivity index (χ4v) is 3.35. The van der Waals surface area contributed by atoms with Crippen molar-refractivity contribution in [2.45, 2.75) is 37.1 Å². The molecule has 3 N–H and O–H groups in total. The number of aryl methyl sites for hydroxylation is 1. The molecule has 1 aliphatic rings. The smallest absolute Gasteiger partial charge is 0.241 e. The van der Waals surface area contributed by atoms with Crippen LogP contribution in [-0.4, -0.2) is 14.0 Å². The van der Waals surface area contributed by atoms with Gasteiger partial charge in [0.1, 0.15) is 5.82 Å². The first-order valence-corrected chi connectivity index (χ1v) is 6.81. The molecule has 17 heavy (non-hydrogen) atoms. The van der Waals surface area contributed by atoms with E-state index in [1.54, 1.807) is 6.92 Å². The van der Waals surface area contributed by atoms with Crippen LogP contribution in [0.4, 0.5) is 10.1 Å². The third-order valence-electron chi connectivity index (χ3n) is 2.96. The molecule has 1 saturated carbocycles. The number of rotatable bonds is 3. The molecule has 0 saturated heterocycles. The summed E-state index contributed by atoms with van der Waals surface area (Å²) in [4.78, 5) is 0.0459. The maximum atomic E-state index is 13.2. The van der Waals surface area contributed by atoms with Crippen LogP contribution in [0.25, 0.3) is 0 Å². The van der Waals surface area contributed by atoms with Crippen LogP contribution in [-0.2, 0) is 10.0 Å². The molecular weight excluding hydrogens is 243 g/mol. The van der Waals surface area contributed by atoms with Gasteiger partial charge in [-0.15, -0.1) is 0 Å². The highest BCUT2D eigenvalue weighted by molar-refractivity contribution is 7.89. The zero-order valence-electron chi connectivity index (χ0n) is 9.75. The van der Waals surface area contributed by atoms with Gasteiger partial charge >= 0.3 is 0 Å². The quantitative estimate of drug-likeness (QED) is 0.808. The Morgan fingerprint density at radius 1 is 1.41 bits per heavy atom. The molecule has 0 aromatic heterocycles. The molecular formula is C11H15FN2O2S. The highest BCUT2D eigenvalue weighted by Gasteiger charge is 2.41. The summed E-state index contributed by atoms with van der Waals surface area (Å²) >= 11 is 0. The zero-order valence-corrected chi connectivity index (χ0v) is 10.6. The standard InChI is InChI=1S/C11H15FN2O2S/c1-7-5-8(12)9(13)6-10(7)17(15,16)14-11(2)3-4-11/h5-6,14H,3-4,13H2,1-2H3. The average Bonchev–Trinajstić information content (AvgIpc) is 2.88. The summed E-state index contributed by atoms with van der Waals surface area (Å²) in [7, 11) is -3.62. The molecule has 0 aliphatic heterocycles. The van der Waals surface area contributed by atoms with Crippen molar-refractivity contribution in [3.8, 4) is 0 Å². The molecule has 1 aromatic rings. The fourth-order valence-electron chi connectivity index (χ4n) is 1.63. The van der Waals surface area contributed by atoms with Crippen molar-refractivity contribution in [1.82, 2.24) is 4.72 Å². The average molecular weight is 258 g/mol. The van der Waals surface area contributed by atoms with Crippen molar-refractivity contribution in [1.29, 1.82) is 0 Å². The number of sulfonamides is 1. The highest BCUT2D eigenvalue weighted by atomic mass is 32.2. The second-order valence-electron chi connectivity index (χ2n) is 4.81. The summed E-state index contributed by atoms with van der Waals surface area (Å²) in [5.74, 6) is -0.598. The van der Waals surface area contributed by atoms with E-state index in [0.29, 0.717) is 5.56 Å². The largest absolute Gasteiger partial charge is 0.396 e. The van der Waals surface area contributed by atoms with Gasteiger partial charge in [0.05, 0.1) is 10.6 Å². The zero-order chi connectivity index (χ0) is 12.8. The minimum absolute atomic E-state index is 0.0459. The molecule has 94 valence electrons. The first-order chi connectivity index (χ1) is 7.73. The summed E-state index contributed by atoms with van der Waals surface area (Å²) in [6, 6.07) is 2.30. The van der Waals surface area contributed by atoms with Crippen molar-refractivity contribution >= 4 is 15.7 Å². The predicted molar refractivity (Wildman–Crippen MR) is 63.5 cm³/mol. The number of anilines is 1. The van der Waals surface area contributed by atoms with E-state index in [4.69, 9.17) is 5.73 Å². The molecule has 1 fully saturated rings. The van der Waals surface area contributed by atoms with Gasteiger partial charge in [-0.05, 0) is 44.4 Å². The first-order valence-electron chi connectivity index (χ1n) is 5.33. The molecule has 0 amide bonds. The van der Waals surface area contributed by atoms with Crippen LogP contribution in [0, 0.1) is 12.7 Å². The Kier molecular flexibility index (Phi) is 2.67. The van der Waals surface area contributed by atoms with E-state index >= 15 is 0 Å². The summed E-state index contributed by atoms with van der Waals surface area (Å²) < 4.78 is 39.9. The Labute approximate surface area is 100 Å². The summed E-state index contributed by atoms with van der Waals surface area (Å²) in [5.41, 5.74) is 5.25. The van der Waals surface area contributed by atoms with Crippen molar-refractivity contribution in [2.24, 2.45) is 0 Å².